The summed E-state index contributed by atoms with van der Waals surface area (Å²) in [6, 6.07) is 0.736. The van der Waals surface area contributed by atoms with Crippen molar-refractivity contribution in [3.63, 3.8) is 0 Å². The van der Waals surface area contributed by atoms with Crippen LogP contribution in [-0.2, 0) is 22.3 Å². The van der Waals surface area contributed by atoms with Crippen LogP contribution in [0.2, 0.25) is 0 Å². The molecular weight excluding hydrogens is 301 g/mol. The standard InChI is InChI=1S/C13H17F3N4O2/c1-8-2-3-9(12(17)22)6-20(8)11(21)7-19-5-4-10(18-19)13(14,15)16/h4-5,8-9H,2-3,6-7H2,1H3,(H2,17,22)/t8-,9-/m0/s1. The lowest BCUT2D eigenvalue weighted by Crippen LogP contribution is -2.49. The van der Waals surface area contributed by atoms with Crippen molar-refractivity contribution in [3.05, 3.63) is 18.0 Å². The number of alkyl halides is 3. The highest BCUT2D eigenvalue weighted by molar-refractivity contribution is 5.80. The number of piperidine rings is 1. The van der Waals surface area contributed by atoms with Crippen LogP contribution in [0, 0.1) is 5.92 Å². The molecule has 1 aromatic rings. The first-order valence-electron chi connectivity index (χ1n) is 6.88. The quantitative estimate of drug-likeness (QED) is 0.903. The van der Waals surface area contributed by atoms with Crippen LogP contribution in [-0.4, -0.2) is 39.1 Å². The van der Waals surface area contributed by atoms with Gasteiger partial charge in [0.2, 0.25) is 11.8 Å². The second-order valence-electron chi connectivity index (χ2n) is 5.47. The van der Waals surface area contributed by atoms with Gasteiger partial charge in [-0.1, -0.05) is 0 Å². The normalized spacial score (nSPS) is 22.6. The van der Waals surface area contributed by atoms with Gasteiger partial charge < -0.3 is 10.6 Å². The summed E-state index contributed by atoms with van der Waals surface area (Å²) in [7, 11) is 0. The minimum absolute atomic E-state index is 0.0826. The molecule has 0 aromatic carbocycles. The third kappa shape index (κ3) is 3.58. The Bertz CT molecular complexity index is 570. The predicted molar refractivity (Wildman–Crippen MR) is 70.3 cm³/mol. The van der Waals surface area contributed by atoms with E-state index in [1.165, 1.54) is 4.90 Å². The first-order valence-corrected chi connectivity index (χ1v) is 6.88. The van der Waals surface area contributed by atoms with Gasteiger partial charge in [0.1, 0.15) is 6.54 Å². The molecule has 22 heavy (non-hydrogen) atoms. The van der Waals surface area contributed by atoms with Crippen LogP contribution in [0.4, 0.5) is 13.2 Å². The summed E-state index contributed by atoms with van der Waals surface area (Å²) in [6.07, 6.45) is -2.18. The van der Waals surface area contributed by atoms with E-state index in [-0.39, 0.29) is 25.0 Å². The summed E-state index contributed by atoms with van der Waals surface area (Å²) in [5.74, 6) is -1.26. The lowest BCUT2D eigenvalue weighted by Gasteiger charge is -2.36. The summed E-state index contributed by atoms with van der Waals surface area (Å²) in [6.45, 7) is 1.73. The molecule has 2 heterocycles. The Morgan fingerprint density at radius 3 is 2.64 bits per heavy atom. The smallest absolute Gasteiger partial charge is 0.369 e. The molecule has 0 bridgehead atoms. The van der Waals surface area contributed by atoms with Crippen molar-refractivity contribution in [2.75, 3.05) is 6.54 Å². The number of nitrogens with zero attached hydrogens (tertiary/aromatic N) is 3. The average molecular weight is 318 g/mol. The van der Waals surface area contributed by atoms with Crippen LogP contribution in [0.15, 0.2) is 12.3 Å². The maximum Gasteiger partial charge on any atom is 0.435 e. The summed E-state index contributed by atoms with van der Waals surface area (Å²) >= 11 is 0. The maximum absolute atomic E-state index is 12.5. The number of rotatable bonds is 3. The molecule has 6 nitrogen and oxygen atoms in total. The number of primary amides is 1. The van der Waals surface area contributed by atoms with E-state index in [1.54, 1.807) is 0 Å². The number of aromatic nitrogens is 2. The molecule has 2 rings (SSSR count). The number of carbonyl (C=O) groups is 2. The number of nitrogens with two attached hydrogens (primary N) is 1. The Morgan fingerprint density at radius 2 is 2.09 bits per heavy atom. The molecule has 2 atom stereocenters. The zero-order valence-corrected chi connectivity index (χ0v) is 12.0. The third-order valence-electron chi connectivity index (χ3n) is 3.83. The van der Waals surface area contributed by atoms with Crippen LogP contribution < -0.4 is 5.73 Å². The first-order chi connectivity index (χ1) is 10.2. The molecule has 0 radical (unpaired) electrons. The Hall–Kier alpha value is -2.06. The zero-order valence-electron chi connectivity index (χ0n) is 12.0. The van der Waals surface area contributed by atoms with Gasteiger partial charge in [-0.3, -0.25) is 14.3 Å². The van der Waals surface area contributed by atoms with E-state index >= 15 is 0 Å². The Morgan fingerprint density at radius 1 is 1.41 bits per heavy atom. The Labute approximate surface area is 125 Å². The molecule has 1 aliphatic rings. The van der Waals surface area contributed by atoms with E-state index in [2.05, 4.69) is 5.10 Å². The van der Waals surface area contributed by atoms with Gasteiger partial charge in [-0.2, -0.15) is 18.3 Å². The van der Waals surface area contributed by atoms with E-state index < -0.39 is 23.7 Å². The molecule has 1 aliphatic heterocycles. The third-order valence-corrected chi connectivity index (χ3v) is 3.83. The molecule has 2 N–H and O–H groups in total. The number of carbonyl (C=O) groups excluding carboxylic acids is 2. The molecule has 1 fully saturated rings. The Kier molecular flexibility index (Phi) is 4.43. The van der Waals surface area contributed by atoms with Crippen molar-refractivity contribution in [3.8, 4) is 0 Å². The van der Waals surface area contributed by atoms with Crippen molar-refractivity contribution < 1.29 is 22.8 Å². The highest BCUT2D eigenvalue weighted by Crippen LogP contribution is 2.27. The minimum Gasteiger partial charge on any atom is -0.369 e. The van der Waals surface area contributed by atoms with Crippen molar-refractivity contribution >= 4 is 11.8 Å². The fraction of sp³-hybridized carbons (Fsp3) is 0.615. The maximum atomic E-state index is 12.5. The van der Waals surface area contributed by atoms with Crippen LogP contribution in [0.1, 0.15) is 25.5 Å². The van der Waals surface area contributed by atoms with Crippen molar-refractivity contribution in [2.24, 2.45) is 11.7 Å². The molecule has 1 aromatic heterocycles. The highest BCUT2D eigenvalue weighted by atomic mass is 19.4. The molecule has 0 saturated carbocycles. The van der Waals surface area contributed by atoms with Gasteiger partial charge in [0.05, 0.1) is 5.92 Å². The van der Waals surface area contributed by atoms with Gasteiger partial charge in [0, 0.05) is 18.8 Å². The minimum atomic E-state index is -4.54. The lowest BCUT2D eigenvalue weighted by molar-refractivity contribution is -0.143. The van der Waals surface area contributed by atoms with Crippen LogP contribution in [0.5, 0.6) is 0 Å². The molecule has 0 spiro atoms. The van der Waals surface area contributed by atoms with Gasteiger partial charge >= 0.3 is 6.18 Å². The van der Waals surface area contributed by atoms with E-state index in [0.717, 1.165) is 16.9 Å². The van der Waals surface area contributed by atoms with E-state index in [4.69, 9.17) is 5.73 Å². The number of likely N-dealkylation sites (tertiary alicyclic amines) is 1. The van der Waals surface area contributed by atoms with Gasteiger partial charge in [0.15, 0.2) is 5.69 Å². The first kappa shape index (κ1) is 16.3. The van der Waals surface area contributed by atoms with E-state index in [9.17, 15) is 22.8 Å². The topological polar surface area (TPSA) is 81.2 Å². The Balaban J connectivity index is 2.04. The summed E-state index contributed by atoms with van der Waals surface area (Å²) in [4.78, 5) is 25.0. The van der Waals surface area contributed by atoms with Crippen molar-refractivity contribution in [2.45, 2.75) is 38.5 Å². The zero-order chi connectivity index (χ0) is 16.5. The fourth-order valence-corrected chi connectivity index (χ4v) is 2.52. The number of amides is 2. The number of hydrogen-bond donors (Lipinski definition) is 1. The molecular formula is C13H17F3N4O2. The van der Waals surface area contributed by atoms with Crippen LogP contribution in [0.25, 0.3) is 0 Å². The van der Waals surface area contributed by atoms with Gasteiger partial charge in [-0.15, -0.1) is 0 Å². The largest absolute Gasteiger partial charge is 0.435 e. The molecule has 0 unspecified atom stereocenters. The number of hydrogen-bond acceptors (Lipinski definition) is 3. The fourth-order valence-electron chi connectivity index (χ4n) is 2.52. The summed E-state index contributed by atoms with van der Waals surface area (Å²) < 4.78 is 38.4. The molecule has 122 valence electrons. The van der Waals surface area contributed by atoms with E-state index in [1.807, 2.05) is 6.92 Å². The molecule has 1 saturated heterocycles. The van der Waals surface area contributed by atoms with Crippen molar-refractivity contribution in [1.29, 1.82) is 0 Å². The SMILES string of the molecule is C[C@H]1CC[C@H](C(N)=O)CN1C(=O)Cn1ccc(C(F)(F)F)n1. The predicted octanol–water partition coefficient (Wildman–Crippen LogP) is 1.01. The molecule has 2 amide bonds. The lowest BCUT2D eigenvalue weighted by atomic mass is 9.93. The van der Waals surface area contributed by atoms with Gasteiger partial charge in [0.25, 0.3) is 0 Å². The van der Waals surface area contributed by atoms with Gasteiger partial charge in [-0.05, 0) is 25.8 Å². The monoisotopic (exact) mass is 318 g/mol. The summed E-state index contributed by atoms with van der Waals surface area (Å²) in [5.41, 5.74) is 4.22. The van der Waals surface area contributed by atoms with Crippen molar-refractivity contribution in [1.82, 2.24) is 14.7 Å². The summed E-state index contributed by atoms with van der Waals surface area (Å²) in [5, 5.41) is 3.35. The second-order valence-corrected chi connectivity index (χ2v) is 5.47. The van der Waals surface area contributed by atoms with Crippen LogP contribution in [0.3, 0.4) is 0 Å². The van der Waals surface area contributed by atoms with Gasteiger partial charge in [-0.25, -0.2) is 0 Å². The average Bonchev–Trinajstić information content (AvgIpc) is 2.87. The number of halogens is 3. The van der Waals surface area contributed by atoms with Crippen LogP contribution >= 0.6 is 0 Å². The molecule has 9 heteroatoms. The highest BCUT2D eigenvalue weighted by Gasteiger charge is 2.34. The van der Waals surface area contributed by atoms with E-state index in [0.29, 0.717) is 12.8 Å². The second kappa shape index (κ2) is 5.98. The molecule has 0 aliphatic carbocycles.